The van der Waals surface area contributed by atoms with Crippen molar-refractivity contribution in [2.75, 3.05) is 19.6 Å². The van der Waals surface area contributed by atoms with Crippen LogP contribution in [0, 0.1) is 12.8 Å². The number of alkyl carbamates (subject to hydrolysis) is 1. The van der Waals surface area contributed by atoms with E-state index in [4.69, 9.17) is 9.15 Å². The number of ether oxygens (including phenoxy) is 1. The number of piperidine rings is 1. The van der Waals surface area contributed by atoms with Gasteiger partial charge in [0.15, 0.2) is 0 Å². The van der Waals surface area contributed by atoms with E-state index in [0.29, 0.717) is 30.2 Å². The van der Waals surface area contributed by atoms with Gasteiger partial charge >= 0.3 is 11.7 Å². The summed E-state index contributed by atoms with van der Waals surface area (Å²) in [6, 6.07) is 4.95. The second-order valence-corrected chi connectivity index (χ2v) is 8.80. The van der Waals surface area contributed by atoms with Crippen LogP contribution in [0.1, 0.15) is 44.7 Å². The van der Waals surface area contributed by atoms with Crippen LogP contribution in [0.2, 0.25) is 0 Å². The lowest BCUT2D eigenvalue weighted by atomic mass is 9.97. The van der Waals surface area contributed by atoms with Crippen LogP contribution in [0.5, 0.6) is 5.75 Å². The number of benzene rings is 1. The van der Waals surface area contributed by atoms with Gasteiger partial charge in [-0.3, -0.25) is 4.90 Å². The first-order valence-electron chi connectivity index (χ1n) is 10.1. The molecule has 1 aliphatic rings. The first-order chi connectivity index (χ1) is 13.6. The monoisotopic (exact) mass is 402 g/mol. The molecule has 1 saturated heterocycles. The average molecular weight is 402 g/mol. The van der Waals surface area contributed by atoms with E-state index in [1.54, 1.807) is 19.1 Å². The fraction of sp³-hybridized carbons (Fsp3) is 0.545. The van der Waals surface area contributed by atoms with Gasteiger partial charge in [0.2, 0.25) is 0 Å². The van der Waals surface area contributed by atoms with Gasteiger partial charge in [-0.1, -0.05) is 0 Å². The van der Waals surface area contributed by atoms with Gasteiger partial charge in [0.25, 0.3) is 0 Å². The van der Waals surface area contributed by atoms with Gasteiger partial charge in [0, 0.05) is 36.7 Å². The summed E-state index contributed by atoms with van der Waals surface area (Å²) in [5.74, 6) is 0.442. The number of aryl methyl sites for hydroxylation is 1. The Kier molecular flexibility index (Phi) is 6.17. The number of hydrogen-bond acceptors (Lipinski definition) is 6. The maximum absolute atomic E-state index is 12.0. The van der Waals surface area contributed by atoms with E-state index in [1.807, 2.05) is 20.8 Å². The molecule has 1 amide bonds. The van der Waals surface area contributed by atoms with Crippen molar-refractivity contribution in [2.45, 2.75) is 52.7 Å². The van der Waals surface area contributed by atoms with E-state index in [-0.39, 0.29) is 5.75 Å². The van der Waals surface area contributed by atoms with Gasteiger partial charge in [-0.05, 0) is 70.7 Å². The number of phenolic OH excluding ortho intramolecular Hbond substituents is 1. The highest BCUT2D eigenvalue weighted by molar-refractivity contribution is 5.84. The minimum Gasteiger partial charge on any atom is -0.508 e. The fourth-order valence-corrected chi connectivity index (χ4v) is 3.79. The van der Waals surface area contributed by atoms with Crippen molar-refractivity contribution >= 4 is 17.1 Å². The summed E-state index contributed by atoms with van der Waals surface area (Å²) >= 11 is 0. The number of rotatable bonds is 4. The van der Waals surface area contributed by atoms with Crippen LogP contribution in [0.15, 0.2) is 27.4 Å². The molecule has 3 rings (SSSR count). The van der Waals surface area contributed by atoms with Crippen LogP contribution in [-0.2, 0) is 11.3 Å². The number of fused-ring (bicyclic) bond motifs is 1. The highest BCUT2D eigenvalue weighted by Gasteiger charge is 2.23. The predicted octanol–water partition coefficient (Wildman–Crippen LogP) is 3.54. The Morgan fingerprint density at radius 1 is 1.38 bits per heavy atom. The lowest BCUT2D eigenvalue weighted by Crippen LogP contribution is -2.42. The number of aromatic hydroxyl groups is 1. The molecule has 2 N–H and O–H groups in total. The Balaban J connectivity index is 1.67. The van der Waals surface area contributed by atoms with Gasteiger partial charge in [-0.15, -0.1) is 0 Å². The van der Waals surface area contributed by atoms with Crippen LogP contribution >= 0.6 is 0 Å². The smallest absolute Gasteiger partial charge is 0.407 e. The maximum Gasteiger partial charge on any atom is 0.407 e. The van der Waals surface area contributed by atoms with E-state index in [2.05, 4.69) is 10.2 Å². The van der Waals surface area contributed by atoms with Gasteiger partial charge < -0.3 is 19.6 Å². The van der Waals surface area contributed by atoms with Crippen molar-refractivity contribution in [1.29, 1.82) is 0 Å². The third-order valence-corrected chi connectivity index (χ3v) is 5.15. The zero-order valence-electron chi connectivity index (χ0n) is 17.6. The lowest BCUT2D eigenvalue weighted by molar-refractivity contribution is 0.0506. The molecule has 0 bridgehead atoms. The minimum absolute atomic E-state index is 0.115. The molecular formula is C22H30N2O5. The summed E-state index contributed by atoms with van der Waals surface area (Å²) in [5, 5.41) is 13.6. The highest BCUT2D eigenvalue weighted by atomic mass is 16.6. The standard InChI is InChI=1S/C22H30N2O5/c1-14-18(25)8-7-17-16(10-19(26)28-20(14)17)13-24-9-5-6-15(12-24)11-23-21(27)29-22(2,3)4/h7-8,10,15,25H,5-6,9,11-13H2,1-4H3,(H,23,27). The first kappa shape index (κ1) is 21.2. The molecule has 7 nitrogen and oxygen atoms in total. The van der Waals surface area contributed by atoms with Gasteiger partial charge in [0.1, 0.15) is 16.9 Å². The van der Waals surface area contributed by atoms with Crippen molar-refractivity contribution in [2.24, 2.45) is 5.92 Å². The Hall–Kier alpha value is -2.54. The molecule has 7 heteroatoms. The number of carbonyl (C=O) groups is 1. The maximum atomic E-state index is 12.0. The largest absolute Gasteiger partial charge is 0.508 e. The third-order valence-electron chi connectivity index (χ3n) is 5.15. The molecule has 0 aliphatic carbocycles. The minimum atomic E-state index is -0.509. The van der Waals surface area contributed by atoms with Crippen molar-refractivity contribution in [3.63, 3.8) is 0 Å². The van der Waals surface area contributed by atoms with Crippen molar-refractivity contribution < 1.29 is 19.1 Å². The number of likely N-dealkylation sites (tertiary alicyclic amines) is 1. The topological polar surface area (TPSA) is 92.0 Å². The van der Waals surface area contributed by atoms with E-state index in [1.165, 1.54) is 6.07 Å². The van der Waals surface area contributed by atoms with Crippen molar-refractivity contribution in [3.05, 3.63) is 39.7 Å². The van der Waals surface area contributed by atoms with E-state index in [0.717, 1.165) is 36.9 Å². The zero-order chi connectivity index (χ0) is 21.2. The fourth-order valence-electron chi connectivity index (χ4n) is 3.79. The second kappa shape index (κ2) is 8.45. The molecule has 0 radical (unpaired) electrons. The Morgan fingerprint density at radius 3 is 2.86 bits per heavy atom. The molecule has 29 heavy (non-hydrogen) atoms. The van der Waals surface area contributed by atoms with Crippen molar-refractivity contribution in [3.8, 4) is 5.75 Å². The van der Waals surface area contributed by atoms with Crippen LogP contribution in [-0.4, -0.2) is 41.3 Å². The van der Waals surface area contributed by atoms with Crippen LogP contribution < -0.4 is 10.9 Å². The van der Waals surface area contributed by atoms with Crippen molar-refractivity contribution in [1.82, 2.24) is 10.2 Å². The average Bonchev–Trinajstić information content (AvgIpc) is 2.62. The molecule has 0 saturated carbocycles. The second-order valence-electron chi connectivity index (χ2n) is 8.80. The Bertz CT molecular complexity index is 945. The van der Waals surface area contributed by atoms with Gasteiger partial charge in [0.05, 0.1) is 0 Å². The molecule has 1 aliphatic heterocycles. The molecule has 1 atom stereocenters. The number of carbonyl (C=O) groups excluding carboxylic acids is 1. The number of nitrogens with zero attached hydrogens (tertiary/aromatic N) is 1. The van der Waals surface area contributed by atoms with E-state index in [9.17, 15) is 14.7 Å². The predicted molar refractivity (Wildman–Crippen MR) is 111 cm³/mol. The Morgan fingerprint density at radius 2 is 2.14 bits per heavy atom. The van der Waals surface area contributed by atoms with Gasteiger partial charge in [-0.25, -0.2) is 9.59 Å². The van der Waals surface area contributed by atoms with Crippen LogP contribution in [0.3, 0.4) is 0 Å². The number of amides is 1. The molecule has 158 valence electrons. The van der Waals surface area contributed by atoms with E-state index < -0.39 is 17.3 Å². The number of hydrogen-bond donors (Lipinski definition) is 2. The highest BCUT2D eigenvalue weighted by Crippen LogP contribution is 2.28. The molecule has 0 spiro atoms. The molecule has 1 fully saturated rings. The van der Waals surface area contributed by atoms with Gasteiger partial charge in [-0.2, -0.15) is 0 Å². The lowest BCUT2D eigenvalue weighted by Gasteiger charge is -2.33. The van der Waals surface area contributed by atoms with Crippen LogP contribution in [0.4, 0.5) is 4.79 Å². The first-order valence-corrected chi connectivity index (χ1v) is 10.1. The summed E-state index contributed by atoms with van der Waals surface area (Å²) in [6.45, 7) is 10.2. The Labute approximate surface area is 170 Å². The molecule has 1 aromatic carbocycles. The summed E-state index contributed by atoms with van der Waals surface area (Å²) in [5.41, 5.74) is 0.971. The summed E-state index contributed by atoms with van der Waals surface area (Å²) in [6.07, 6.45) is 1.67. The number of phenols is 1. The van der Waals surface area contributed by atoms with Crippen LogP contribution in [0.25, 0.3) is 11.0 Å². The third kappa shape index (κ3) is 5.50. The summed E-state index contributed by atoms with van der Waals surface area (Å²) in [7, 11) is 0. The molecule has 1 unspecified atom stereocenters. The molecule has 2 aromatic rings. The molecule has 2 heterocycles. The summed E-state index contributed by atoms with van der Waals surface area (Å²) in [4.78, 5) is 26.2. The molecular weight excluding hydrogens is 372 g/mol. The molecule has 1 aromatic heterocycles. The quantitative estimate of drug-likeness (QED) is 0.760. The number of nitrogens with one attached hydrogen (secondary N) is 1. The van der Waals surface area contributed by atoms with E-state index >= 15 is 0 Å². The zero-order valence-corrected chi connectivity index (χ0v) is 17.6. The summed E-state index contributed by atoms with van der Waals surface area (Å²) < 4.78 is 10.6. The normalized spacial score (nSPS) is 18.0. The SMILES string of the molecule is Cc1c(O)ccc2c(CN3CCCC(CNC(=O)OC(C)(C)C)C3)cc(=O)oc12.